The molecular weight excluding hydrogens is 475 g/mol. The van der Waals surface area contributed by atoms with Crippen molar-refractivity contribution in [2.24, 2.45) is 5.92 Å². The highest BCUT2D eigenvalue weighted by molar-refractivity contribution is 6.32. The predicted molar refractivity (Wildman–Crippen MR) is 145 cm³/mol. The van der Waals surface area contributed by atoms with Crippen molar-refractivity contribution in [3.63, 3.8) is 0 Å². The Bertz CT molecular complexity index is 1270. The molecule has 0 bridgehead atoms. The van der Waals surface area contributed by atoms with E-state index in [4.69, 9.17) is 27.9 Å². The Morgan fingerprint density at radius 3 is 1.94 bits per heavy atom. The predicted octanol–water partition coefficient (Wildman–Crippen LogP) is 8.39. The number of benzene rings is 4. The van der Waals surface area contributed by atoms with Crippen LogP contribution in [0.15, 0.2) is 115 Å². The Balaban J connectivity index is 1.71. The number of allylic oxidation sites excluding steroid dienone is 1. The van der Waals surface area contributed by atoms with Gasteiger partial charge in [0.25, 0.3) is 0 Å². The molecule has 0 spiro atoms. The average Bonchev–Trinajstić information content (AvgIpc) is 2.89. The van der Waals surface area contributed by atoms with Gasteiger partial charge in [-0.1, -0.05) is 132 Å². The number of halogens is 2. The minimum atomic E-state index is -0.486. The van der Waals surface area contributed by atoms with Crippen molar-refractivity contribution in [1.29, 1.82) is 0 Å². The lowest BCUT2D eigenvalue weighted by molar-refractivity contribution is -0.150. The lowest BCUT2D eigenvalue weighted by Gasteiger charge is -2.25. The summed E-state index contributed by atoms with van der Waals surface area (Å²) in [7, 11) is 0. The van der Waals surface area contributed by atoms with Crippen LogP contribution in [-0.4, -0.2) is 5.97 Å². The van der Waals surface area contributed by atoms with E-state index in [1.54, 1.807) is 0 Å². The Kier molecular flexibility index (Phi) is 8.78. The molecule has 4 rings (SSSR count). The van der Waals surface area contributed by atoms with Crippen LogP contribution in [0.5, 0.6) is 0 Å². The normalized spacial score (nSPS) is 12.9. The standard InChI is InChI=1S/C31H26Cl2O2/c32-29-17-9-7-15-25(29)19-20-26(27-16-8-10-18-30(27)33)28(21-23-11-3-1-4-12-23)31(34)35-22-24-13-5-2-6-14-24/h1-20,26,28H,21-22H2/b20-19+/t26-,28?/m1/s1. The van der Waals surface area contributed by atoms with Gasteiger partial charge in [-0.3, -0.25) is 4.79 Å². The van der Waals surface area contributed by atoms with E-state index in [9.17, 15) is 4.79 Å². The first kappa shape index (κ1) is 24.8. The van der Waals surface area contributed by atoms with Crippen LogP contribution in [-0.2, 0) is 22.6 Å². The van der Waals surface area contributed by atoms with E-state index < -0.39 is 5.92 Å². The topological polar surface area (TPSA) is 26.3 Å². The highest BCUT2D eigenvalue weighted by Crippen LogP contribution is 2.35. The minimum Gasteiger partial charge on any atom is -0.461 e. The second kappa shape index (κ2) is 12.4. The summed E-state index contributed by atoms with van der Waals surface area (Å²) >= 11 is 13.1. The number of rotatable bonds is 9. The van der Waals surface area contributed by atoms with Crippen molar-refractivity contribution in [3.8, 4) is 0 Å². The second-order valence-electron chi connectivity index (χ2n) is 8.32. The van der Waals surface area contributed by atoms with Crippen LogP contribution in [0.2, 0.25) is 10.0 Å². The van der Waals surface area contributed by atoms with Crippen molar-refractivity contribution < 1.29 is 9.53 Å². The zero-order valence-electron chi connectivity index (χ0n) is 19.2. The summed E-state index contributed by atoms with van der Waals surface area (Å²) in [6, 6.07) is 34.9. The highest BCUT2D eigenvalue weighted by atomic mass is 35.5. The van der Waals surface area contributed by atoms with Crippen LogP contribution in [0.25, 0.3) is 6.08 Å². The monoisotopic (exact) mass is 500 g/mol. The molecular formula is C31H26Cl2O2. The molecule has 0 aliphatic rings. The molecule has 0 N–H and O–H groups in total. The zero-order valence-corrected chi connectivity index (χ0v) is 20.7. The van der Waals surface area contributed by atoms with Gasteiger partial charge in [-0.15, -0.1) is 0 Å². The molecule has 0 fully saturated rings. The van der Waals surface area contributed by atoms with E-state index in [-0.39, 0.29) is 18.5 Å². The zero-order chi connectivity index (χ0) is 24.5. The summed E-state index contributed by atoms with van der Waals surface area (Å²) in [6.07, 6.45) is 4.48. The maximum Gasteiger partial charge on any atom is 0.310 e. The van der Waals surface area contributed by atoms with Gasteiger partial charge in [0.15, 0.2) is 0 Å². The molecule has 0 amide bonds. The summed E-state index contributed by atoms with van der Waals surface area (Å²) in [6.45, 7) is 0.217. The molecule has 0 aromatic heterocycles. The van der Waals surface area contributed by atoms with E-state index >= 15 is 0 Å². The number of ether oxygens (including phenoxy) is 1. The number of carbonyl (C=O) groups is 1. The Hall–Kier alpha value is -3.33. The molecule has 176 valence electrons. The molecule has 0 heterocycles. The molecule has 35 heavy (non-hydrogen) atoms. The Morgan fingerprint density at radius 1 is 0.714 bits per heavy atom. The molecule has 4 aromatic rings. The first-order chi connectivity index (χ1) is 17.1. The molecule has 2 nitrogen and oxygen atoms in total. The molecule has 4 heteroatoms. The van der Waals surface area contributed by atoms with Crippen molar-refractivity contribution >= 4 is 35.2 Å². The molecule has 0 saturated heterocycles. The van der Waals surface area contributed by atoms with Crippen LogP contribution in [0.4, 0.5) is 0 Å². The average molecular weight is 501 g/mol. The molecule has 4 aromatic carbocycles. The van der Waals surface area contributed by atoms with Gasteiger partial charge in [0.2, 0.25) is 0 Å². The van der Waals surface area contributed by atoms with Gasteiger partial charge < -0.3 is 4.74 Å². The van der Waals surface area contributed by atoms with Crippen LogP contribution in [0.3, 0.4) is 0 Å². The molecule has 2 atom stereocenters. The van der Waals surface area contributed by atoms with E-state index in [1.165, 1.54) is 0 Å². The Labute approximate surface area is 216 Å². The van der Waals surface area contributed by atoms with Crippen molar-refractivity contribution in [3.05, 3.63) is 148 Å². The van der Waals surface area contributed by atoms with Gasteiger partial charge in [-0.2, -0.15) is 0 Å². The largest absolute Gasteiger partial charge is 0.461 e. The smallest absolute Gasteiger partial charge is 0.310 e. The number of hydrogen-bond acceptors (Lipinski definition) is 2. The fourth-order valence-electron chi connectivity index (χ4n) is 4.08. The third-order valence-corrected chi connectivity index (χ3v) is 6.60. The summed E-state index contributed by atoms with van der Waals surface area (Å²) in [4.78, 5) is 13.6. The maximum atomic E-state index is 13.6. The SMILES string of the molecule is O=C(OCc1ccccc1)C(Cc1ccccc1)[C@H](/C=C/c1ccccc1Cl)c1ccccc1Cl. The third kappa shape index (κ3) is 6.85. The quantitative estimate of drug-likeness (QED) is 0.215. The first-order valence-corrected chi connectivity index (χ1v) is 12.3. The highest BCUT2D eigenvalue weighted by Gasteiger charge is 2.31. The summed E-state index contributed by atoms with van der Waals surface area (Å²) in [5, 5.41) is 1.25. The summed E-state index contributed by atoms with van der Waals surface area (Å²) in [5.74, 6) is -1.07. The number of hydrogen-bond donors (Lipinski definition) is 0. The van der Waals surface area contributed by atoms with Crippen LogP contribution < -0.4 is 0 Å². The van der Waals surface area contributed by atoms with Gasteiger partial charge in [-0.25, -0.2) is 0 Å². The molecule has 0 saturated carbocycles. The van der Waals surface area contributed by atoms with Crippen molar-refractivity contribution in [2.45, 2.75) is 18.9 Å². The first-order valence-electron chi connectivity index (χ1n) is 11.5. The maximum absolute atomic E-state index is 13.6. The van der Waals surface area contributed by atoms with Gasteiger partial charge in [-0.05, 0) is 40.8 Å². The van der Waals surface area contributed by atoms with Crippen LogP contribution in [0.1, 0.15) is 28.2 Å². The van der Waals surface area contributed by atoms with Crippen LogP contribution >= 0.6 is 23.2 Å². The van der Waals surface area contributed by atoms with E-state index in [0.29, 0.717) is 16.5 Å². The van der Waals surface area contributed by atoms with Crippen molar-refractivity contribution in [1.82, 2.24) is 0 Å². The van der Waals surface area contributed by atoms with Gasteiger partial charge in [0, 0.05) is 16.0 Å². The summed E-state index contributed by atoms with van der Waals surface area (Å²) in [5.41, 5.74) is 3.75. The number of esters is 1. The third-order valence-electron chi connectivity index (χ3n) is 5.91. The van der Waals surface area contributed by atoms with E-state index in [2.05, 4.69) is 0 Å². The summed E-state index contributed by atoms with van der Waals surface area (Å²) < 4.78 is 5.84. The fraction of sp³-hybridized carbons (Fsp3) is 0.129. The fourth-order valence-corrected chi connectivity index (χ4v) is 4.54. The molecule has 0 aliphatic heterocycles. The lowest BCUT2D eigenvalue weighted by Crippen LogP contribution is -2.26. The van der Waals surface area contributed by atoms with E-state index in [1.807, 2.05) is 121 Å². The van der Waals surface area contributed by atoms with Gasteiger partial charge in [0.1, 0.15) is 6.61 Å². The van der Waals surface area contributed by atoms with Crippen molar-refractivity contribution in [2.75, 3.05) is 0 Å². The molecule has 1 unspecified atom stereocenters. The number of carbonyl (C=O) groups excluding carboxylic acids is 1. The Morgan fingerprint density at radius 2 is 1.29 bits per heavy atom. The second-order valence-corrected chi connectivity index (χ2v) is 9.13. The molecule has 0 radical (unpaired) electrons. The van der Waals surface area contributed by atoms with Gasteiger partial charge in [0.05, 0.1) is 5.92 Å². The minimum absolute atomic E-state index is 0.217. The lowest BCUT2D eigenvalue weighted by atomic mass is 9.81. The van der Waals surface area contributed by atoms with Crippen LogP contribution in [0, 0.1) is 5.92 Å². The van der Waals surface area contributed by atoms with E-state index in [0.717, 1.165) is 22.3 Å². The molecule has 0 aliphatic carbocycles. The van der Waals surface area contributed by atoms with Gasteiger partial charge >= 0.3 is 5.97 Å².